The molecule has 1 fully saturated rings. The van der Waals surface area contributed by atoms with Crippen molar-refractivity contribution in [3.63, 3.8) is 0 Å². The molecule has 3 aliphatic heterocycles. The van der Waals surface area contributed by atoms with Crippen LogP contribution in [-0.4, -0.2) is 264 Å². The fourth-order valence-electron chi connectivity index (χ4n) is 13.5. The van der Waals surface area contributed by atoms with Gasteiger partial charge in [0.15, 0.2) is 6.29 Å². The summed E-state index contributed by atoms with van der Waals surface area (Å²) in [4.78, 5) is 106. The normalized spacial score (nSPS) is 16.9. The van der Waals surface area contributed by atoms with Gasteiger partial charge in [0, 0.05) is 116 Å². The minimum atomic E-state index is -4.85. The molecule has 113 heavy (non-hydrogen) atoms. The molecule has 2 unspecified atom stereocenters. The fourth-order valence-corrected chi connectivity index (χ4v) is 17.9. The Morgan fingerprint density at radius 3 is 1.69 bits per heavy atom. The molecule has 7 N–H and O–H groups in total. The first-order chi connectivity index (χ1) is 52.2. The summed E-state index contributed by atoms with van der Waals surface area (Å²) in [5.41, 5.74) is 1.31. The van der Waals surface area contributed by atoms with Crippen molar-refractivity contribution in [3.05, 3.63) is 68.9 Å². The number of aliphatic hydroxyl groups is 1. The number of hydrogen-bond acceptors (Lipinski definition) is 25. The zero-order chi connectivity index (χ0) is 84.6. The predicted octanol–water partition coefficient (Wildman–Crippen LogP) is 4.80. The number of aliphatic hydroxyl groups excluding tert-OH is 1. The number of benzene rings is 2. The average molecular weight is 1650 g/mol. The number of aromatic nitrogens is 1. The van der Waals surface area contributed by atoms with Crippen LogP contribution in [0.25, 0.3) is 0 Å². The number of anilines is 1. The smallest absolute Gasteiger partial charge is 0.326 e. The Morgan fingerprint density at radius 1 is 0.611 bits per heavy atom. The van der Waals surface area contributed by atoms with E-state index in [0.717, 1.165) is 22.4 Å². The molecule has 1 saturated heterocycles. The first kappa shape index (κ1) is 94.7. The highest BCUT2D eigenvalue weighted by atomic mass is 32.2. The minimum Gasteiger partial charge on any atom is -0.494 e. The number of β-amino-alcohol motifs (C(OH)–C–C–N with tert-alkyl or cyclic N) is 1. The third kappa shape index (κ3) is 31.4. The summed E-state index contributed by atoms with van der Waals surface area (Å²) < 4.78 is 131. The van der Waals surface area contributed by atoms with E-state index in [1.54, 1.807) is 102 Å². The standard InChI is InChI=1S/C78H125N11O21S3/c1-51-42-58(43-52(2)69(51)112(101,102)84-60(73(97)110-77(15,16)17)45-81-63(91)26-21-20-25-57-29-28-56-24-22-32-89(71(56)82-57)113(103,104)70-54(4)53(3)68-59(55(70)5)44-78(18,19)109-68)105-41-23-27-62(90)79-30-31-80-72(96)61(50-111(98,99)100)83-64(92)46-85-33-35-86(47-65(93)106-74(6,7)8)37-39-88(49-67(95)108-76(12,13)14)40-38-87(36-34-85)48-66(94)107-75(9,10)11/h28-29,42-43,60-61,65,84,93H,20-27,30-41,44-50H2,1-19H3,(H,79,90)(H,80,96)(H,81,91)(H,83,92)(H,98,99,100)/t60-,61?,65?/m0/s1. The molecule has 0 spiro atoms. The summed E-state index contributed by atoms with van der Waals surface area (Å²) in [6.07, 6.45) is 2.15. The number of nitrogens with zero attached hydrogens (tertiary/aromatic N) is 6. The number of ether oxygens (including phenoxy) is 6. The van der Waals surface area contributed by atoms with Crippen LogP contribution in [0.2, 0.25) is 0 Å². The third-order valence-electron chi connectivity index (χ3n) is 18.5. The zero-order valence-electron chi connectivity index (χ0n) is 69.7. The van der Waals surface area contributed by atoms with Gasteiger partial charge in [0.2, 0.25) is 33.7 Å². The van der Waals surface area contributed by atoms with Gasteiger partial charge in [-0.1, -0.05) is 6.07 Å². The molecule has 636 valence electrons. The molecule has 0 saturated carbocycles. The van der Waals surface area contributed by atoms with Gasteiger partial charge in [0.1, 0.15) is 57.6 Å². The number of carbonyl (C=O) groups excluding carboxylic acids is 7. The van der Waals surface area contributed by atoms with Crippen molar-refractivity contribution >= 4 is 77.5 Å². The van der Waals surface area contributed by atoms with Gasteiger partial charge in [0.05, 0.1) is 41.6 Å². The molecule has 1 aromatic heterocycles. The number of sulfonamides is 2. The molecule has 2 aromatic carbocycles. The Hall–Kier alpha value is -7.19. The molecular weight excluding hydrogens is 1520 g/mol. The number of rotatable bonds is 34. The summed E-state index contributed by atoms with van der Waals surface area (Å²) >= 11 is 0. The molecule has 0 radical (unpaired) electrons. The number of nitrogens with one attached hydrogen (secondary N) is 5. The largest absolute Gasteiger partial charge is 0.494 e. The fraction of sp³-hybridized carbons (Fsp3) is 0.692. The van der Waals surface area contributed by atoms with Crippen molar-refractivity contribution in [3.8, 4) is 11.5 Å². The van der Waals surface area contributed by atoms with Gasteiger partial charge >= 0.3 is 17.9 Å². The van der Waals surface area contributed by atoms with Crippen molar-refractivity contribution in [1.29, 1.82) is 0 Å². The van der Waals surface area contributed by atoms with Crippen molar-refractivity contribution < 1.29 is 96.9 Å². The minimum absolute atomic E-state index is 0.0121. The maximum absolute atomic E-state index is 14.7. The second-order valence-electron chi connectivity index (χ2n) is 34.1. The van der Waals surface area contributed by atoms with E-state index in [4.69, 9.17) is 33.4 Å². The van der Waals surface area contributed by atoms with Crippen LogP contribution in [0, 0.1) is 34.6 Å². The number of carbonyl (C=O) groups is 7. The molecular formula is C78H125N11O21S3. The molecule has 3 aromatic rings. The lowest BCUT2D eigenvalue weighted by Gasteiger charge is -2.35. The summed E-state index contributed by atoms with van der Waals surface area (Å²) in [6.45, 7) is 34.5. The van der Waals surface area contributed by atoms with Crippen molar-refractivity contribution in [2.75, 3.05) is 121 Å². The van der Waals surface area contributed by atoms with Crippen LogP contribution in [0.3, 0.4) is 0 Å². The molecule has 3 atom stereocenters. The lowest BCUT2D eigenvalue weighted by atomic mass is 9.94. The summed E-state index contributed by atoms with van der Waals surface area (Å²) in [6, 6.07) is 3.45. The Labute approximate surface area is 668 Å². The van der Waals surface area contributed by atoms with E-state index < -0.39 is 130 Å². The summed E-state index contributed by atoms with van der Waals surface area (Å²) in [5.74, 6) is -4.28. The number of fused-ring (bicyclic) bond motifs is 2. The molecule has 0 bridgehead atoms. The molecule has 4 heterocycles. The molecule has 32 nitrogen and oxygen atoms in total. The van der Waals surface area contributed by atoms with E-state index in [2.05, 4.69) is 26.0 Å². The Balaban J connectivity index is 0.989. The third-order valence-corrected chi connectivity index (χ3v) is 23.1. The first-order valence-corrected chi connectivity index (χ1v) is 43.3. The zero-order valence-corrected chi connectivity index (χ0v) is 72.1. The van der Waals surface area contributed by atoms with Crippen molar-refractivity contribution in [2.24, 2.45) is 0 Å². The maximum Gasteiger partial charge on any atom is 0.326 e. The quantitative estimate of drug-likeness (QED) is 0.0139. The van der Waals surface area contributed by atoms with Gasteiger partial charge in [-0.25, -0.2) is 26.1 Å². The lowest BCUT2D eigenvalue weighted by Crippen LogP contribution is -2.54. The average Bonchev–Trinajstić information content (AvgIpc) is 1.68. The number of esters is 3. The van der Waals surface area contributed by atoms with Crippen molar-refractivity contribution in [2.45, 2.75) is 246 Å². The number of unbranched alkanes of at least 4 members (excludes halogenated alkanes) is 1. The van der Waals surface area contributed by atoms with Crippen LogP contribution >= 0.6 is 0 Å². The maximum atomic E-state index is 14.7. The van der Waals surface area contributed by atoms with Crippen LogP contribution in [0.1, 0.15) is 180 Å². The highest BCUT2D eigenvalue weighted by Gasteiger charge is 2.41. The highest BCUT2D eigenvalue weighted by Crippen LogP contribution is 2.45. The van der Waals surface area contributed by atoms with Crippen LogP contribution in [-0.2, 0) is 102 Å². The van der Waals surface area contributed by atoms with E-state index in [0.29, 0.717) is 80.8 Å². The summed E-state index contributed by atoms with van der Waals surface area (Å²) in [7, 11) is -13.4. The molecule has 3 aliphatic rings. The van der Waals surface area contributed by atoms with Crippen LogP contribution in [0.4, 0.5) is 5.82 Å². The first-order valence-electron chi connectivity index (χ1n) is 38.7. The number of aryl methyl sites for hydroxylation is 4. The van der Waals surface area contributed by atoms with Crippen LogP contribution in [0.5, 0.6) is 11.5 Å². The lowest BCUT2D eigenvalue weighted by molar-refractivity contribution is -0.174. The van der Waals surface area contributed by atoms with E-state index in [9.17, 15) is 68.5 Å². The van der Waals surface area contributed by atoms with Gasteiger partial charge in [0.25, 0.3) is 20.1 Å². The highest BCUT2D eigenvalue weighted by molar-refractivity contribution is 7.93. The second kappa shape index (κ2) is 40.1. The van der Waals surface area contributed by atoms with E-state index in [1.807, 2.05) is 61.5 Å². The van der Waals surface area contributed by atoms with Gasteiger partial charge in [-0.15, -0.1) is 0 Å². The summed E-state index contributed by atoms with van der Waals surface area (Å²) in [5, 5.41) is 21.3. The SMILES string of the molecule is Cc1cc(OCCCC(=O)NCCNC(=O)C(CS(=O)(=O)O)NC(=O)CN2CCN(CC(=O)OC(C)(C)C)CCN(CC(=O)OC(C)(C)C)CCN(CC(O)OC(C)(C)C)CC2)cc(C)c1S(=O)(=O)N[C@@H](CNC(=O)CCCCc1ccc2c(n1)N(S(=O)(=O)c1c(C)c(C)c3c(c1C)CC(C)(C)O3)CCC2)C(=O)OC(C)(C)C. The van der Waals surface area contributed by atoms with Gasteiger partial charge in [-0.3, -0.25) is 57.7 Å². The topological polar surface area (TPSA) is 407 Å². The second-order valence-corrected chi connectivity index (χ2v) is 39.0. The van der Waals surface area contributed by atoms with E-state index in [1.165, 1.54) is 16.4 Å². The van der Waals surface area contributed by atoms with Gasteiger partial charge in [-0.2, -0.15) is 13.1 Å². The van der Waals surface area contributed by atoms with Crippen LogP contribution in [0.15, 0.2) is 34.1 Å². The number of hydrogen-bond donors (Lipinski definition) is 7. The number of amides is 4. The van der Waals surface area contributed by atoms with Crippen LogP contribution < -0.4 is 39.8 Å². The molecule has 6 rings (SSSR count). The monoisotopic (exact) mass is 1650 g/mol. The van der Waals surface area contributed by atoms with E-state index in [-0.39, 0.29) is 131 Å². The van der Waals surface area contributed by atoms with Gasteiger partial charge in [-0.05, 0) is 222 Å². The Kier molecular flexibility index (Phi) is 33.6. The Bertz CT molecular complexity index is 4180. The number of pyridine rings is 1. The van der Waals surface area contributed by atoms with E-state index >= 15 is 0 Å². The molecule has 0 aliphatic carbocycles. The Morgan fingerprint density at radius 2 is 1.14 bits per heavy atom. The van der Waals surface area contributed by atoms with Gasteiger partial charge < -0.3 is 54.8 Å². The molecule has 4 amide bonds. The predicted molar refractivity (Wildman–Crippen MR) is 426 cm³/mol. The molecule has 35 heteroatoms. The van der Waals surface area contributed by atoms with Crippen molar-refractivity contribution in [1.82, 2.24) is 50.6 Å².